The molecule has 1 N–H and O–H groups in total. The number of nitrogens with zero attached hydrogens (tertiary/aromatic N) is 2. The lowest BCUT2D eigenvalue weighted by Crippen LogP contribution is -2.19. The molecule has 1 amide bonds. The number of rotatable bonds is 4. The molecule has 7 heteroatoms. The first kappa shape index (κ1) is 16.7. The van der Waals surface area contributed by atoms with Crippen molar-refractivity contribution in [3.63, 3.8) is 0 Å². The van der Waals surface area contributed by atoms with Crippen LogP contribution in [0.2, 0.25) is 5.02 Å². The zero-order valence-electron chi connectivity index (χ0n) is 12.9. The van der Waals surface area contributed by atoms with Gasteiger partial charge in [0.1, 0.15) is 5.75 Å². The predicted molar refractivity (Wildman–Crippen MR) is 94.7 cm³/mol. The van der Waals surface area contributed by atoms with Crippen LogP contribution in [-0.4, -0.2) is 29.3 Å². The van der Waals surface area contributed by atoms with Gasteiger partial charge in [-0.3, -0.25) is 4.79 Å². The van der Waals surface area contributed by atoms with Crippen LogP contribution >= 0.6 is 22.9 Å². The van der Waals surface area contributed by atoms with Crippen LogP contribution in [0.4, 0.5) is 0 Å². The molecule has 124 valence electrons. The lowest BCUT2D eigenvalue weighted by molar-refractivity contribution is 0.0995. The number of aromatic hydroxyl groups is 1. The second-order valence-corrected chi connectivity index (χ2v) is 6.52. The van der Waals surface area contributed by atoms with Gasteiger partial charge in [-0.2, -0.15) is 4.99 Å². The second-order valence-electron chi connectivity index (χ2n) is 5.08. The maximum absolute atomic E-state index is 12.5. The van der Waals surface area contributed by atoms with Gasteiger partial charge in [0, 0.05) is 18.7 Å². The summed E-state index contributed by atoms with van der Waals surface area (Å²) in [6.07, 6.45) is 0. The van der Waals surface area contributed by atoms with Gasteiger partial charge in [-0.15, -0.1) is 0 Å². The van der Waals surface area contributed by atoms with Crippen molar-refractivity contribution in [2.24, 2.45) is 4.99 Å². The summed E-state index contributed by atoms with van der Waals surface area (Å²) < 4.78 is 8.10. The molecule has 0 fully saturated rings. The lowest BCUT2D eigenvalue weighted by atomic mass is 10.2. The predicted octanol–water partition coefficient (Wildman–Crippen LogP) is 3.45. The van der Waals surface area contributed by atoms with Crippen LogP contribution in [0.1, 0.15) is 10.4 Å². The number of methoxy groups -OCH3 is 1. The largest absolute Gasteiger partial charge is 0.507 e. The smallest absolute Gasteiger partial charge is 0.283 e. The van der Waals surface area contributed by atoms with Crippen LogP contribution in [0.5, 0.6) is 5.75 Å². The van der Waals surface area contributed by atoms with E-state index in [2.05, 4.69) is 4.99 Å². The Labute approximate surface area is 147 Å². The minimum atomic E-state index is -0.535. The topological polar surface area (TPSA) is 63.8 Å². The highest BCUT2D eigenvalue weighted by molar-refractivity contribution is 7.16. The Balaban J connectivity index is 2.11. The molecule has 1 aromatic heterocycles. The SMILES string of the molecule is COCCn1/c(=N/C(=O)c2cc(Cl)ccc2O)sc2ccccc21. The first-order chi connectivity index (χ1) is 11.6. The third-order valence-corrected chi connectivity index (χ3v) is 4.79. The van der Waals surface area contributed by atoms with Crippen molar-refractivity contribution in [3.05, 3.63) is 57.9 Å². The maximum atomic E-state index is 12.5. The summed E-state index contributed by atoms with van der Waals surface area (Å²) in [5, 5.41) is 10.2. The molecule has 5 nitrogen and oxygen atoms in total. The highest BCUT2D eigenvalue weighted by Gasteiger charge is 2.13. The monoisotopic (exact) mass is 362 g/mol. The summed E-state index contributed by atoms with van der Waals surface area (Å²) >= 11 is 7.32. The van der Waals surface area contributed by atoms with E-state index >= 15 is 0 Å². The van der Waals surface area contributed by atoms with Crippen LogP contribution < -0.4 is 4.80 Å². The number of carbonyl (C=O) groups excluding carboxylic acids is 1. The summed E-state index contributed by atoms with van der Waals surface area (Å²) in [7, 11) is 1.63. The Morgan fingerprint density at radius 3 is 2.92 bits per heavy atom. The average molecular weight is 363 g/mol. The first-order valence-electron chi connectivity index (χ1n) is 7.25. The van der Waals surface area contributed by atoms with E-state index in [1.54, 1.807) is 7.11 Å². The van der Waals surface area contributed by atoms with Crippen molar-refractivity contribution >= 4 is 39.1 Å². The highest BCUT2D eigenvalue weighted by Crippen LogP contribution is 2.22. The molecule has 0 radical (unpaired) electrons. The molecule has 3 aromatic rings. The number of phenolic OH excluding ortho intramolecular Hbond substituents is 1. The van der Waals surface area contributed by atoms with E-state index in [0.717, 1.165) is 10.2 Å². The fraction of sp³-hybridized carbons (Fsp3) is 0.176. The molecule has 0 atom stereocenters. The number of thiazole rings is 1. The summed E-state index contributed by atoms with van der Waals surface area (Å²) in [6.45, 7) is 1.08. The van der Waals surface area contributed by atoms with Crippen molar-refractivity contribution in [1.82, 2.24) is 4.57 Å². The molecule has 0 bridgehead atoms. The minimum absolute atomic E-state index is 0.0817. The van der Waals surface area contributed by atoms with Crippen molar-refractivity contribution in [2.45, 2.75) is 6.54 Å². The Morgan fingerprint density at radius 1 is 1.33 bits per heavy atom. The van der Waals surface area contributed by atoms with Gasteiger partial charge < -0.3 is 14.4 Å². The van der Waals surface area contributed by atoms with Gasteiger partial charge in [0.2, 0.25) is 0 Å². The van der Waals surface area contributed by atoms with Crippen LogP contribution in [-0.2, 0) is 11.3 Å². The van der Waals surface area contributed by atoms with E-state index in [1.807, 2.05) is 28.8 Å². The van der Waals surface area contributed by atoms with E-state index in [0.29, 0.717) is 23.0 Å². The zero-order chi connectivity index (χ0) is 17.1. The molecule has 0 saturated heterocycles. The summed E-state index contributed by atoms with van der Waals surface area (Å²) in [6, 6.07) is 12.1. The average Bonchev–Trinajstić information content (AvgIpc) is 2.92. The van der Waals surface area contributed by atoms with E-state index in [9.17, 15) is 9.90 Å². The van der Waals surface area contributed by atoms with Crippen molar-refractivity contribution in [1.29, 1.82) is 0 Å². The van der Waals surface area contributed by atoms with E-state index in [4.69, 9.17) is 16.3 Å². The summed E-state index contributed by atoms with van der Waals surface area (Å²) in [5.74, 6) is -0.676. The van der Waals surface area contributed by atoms with E-state index in [1.165, 1.54) is 29.5 Å². The van der Waals surface area contributed by atoms with Gasteiger partial charge in [-0.05, 0) is 30.3 Å². The van der Waals surface area contributed by atoms with Gasteiger partial charge in [0.25, 0.3) is 5.91 Å². The van der Waals surface area contributed by atoms with Gasteiger partial charge in [-0.1, -0.05) is 35.1 Å². The quantitative estimate of drug-likeness (QED) is 0.773. The molecule has 0 aliphatic rings. The van der Waals surface area contributed by atoms with Gasteiger partial charge in [-0.25, -0.2) is 0 Å². The number of benzene rings is 2. The Bertz CT molecular complexity index is 962. The molecule has 3 rings (SSSR count). The van der Waals surface area contributed by atoms with Crippen LogP contribution in [0.25, 0.3) is 10.2 Å². The third kappa shape index (κ3) is 3.36. The minimum Gasteiger partial charge on any atom is -0.507 e. The number of phenols is 1. The number of fused-ring (bicyclic) bond motifs is 1. The molecule has 2 aromatic carbocycles. The number of amides is 1. The number of hydrogen-bond acceptors (Lipinski definition) is 4. The molecule has 24 heavy (non-hydrogen) atoms. The van der Waals surface area contributed by atoms with Crippen LogP contribution in [0.3, 0.4) is 0 Å². The van der Waals surface area contributed by atoms with E-state index < -0.39 is 5.91 Å². The molecule has 0 aliphatic carbocycles. The summed E-state index contributed by atoms with van der Waals surface area (Å²) in [4.78, 5) is 17.2. The summed E-state index contributed by atoms with van der Waals surface area (Å²) in [5.41, 5.74) is 1.07. The number of halogens is 1. The molecule has 0 aliphatic heterocycles. The Morgan fingerprint density at radius 2 is 2.12 bits per heavy atom. The molecule has 1 heterocycles. The number of ether oxygens (including phenoxy) is 1. The van der Waals surface area contributed by atoms with Crippen LogP contribution in [0, 0.1) is 0 Å². The van der Waals surface area contributed by atoms with Crippen LogP contribution in [0.15, 0.2) is 47.5 Å². The molecule has 0 unspecified atom stereocenters. The molecule has 0 spiro atoms. The fourth-order valence-corrected chi connectivity index (χ4v) is 3.56. The maximum Gasteiger partial charge on any atom is 0.283 e. The Hall–Kier alpha value is -2.15. The first-order valence-corrected chi connectivity index (χ1v) is 8.44. The zero-order valence-corrected chi connectivity index (χ0v) is 14.5. The van der Waals surface area contributed by atoms with Crippen molar-refractivity contribution < 1.29 is 14.6 Å². The Kier molecular flexibility index (Phi) is 4.99. The number of carbonyl (C=O) groups is 1. The second kappa shape index (κ2) is 7.17. The van der Waals surface area contributed by atoms with Gasteiger partial charge in [0.15, 0.2) is 4.80 Å². The third-order valence-electron chi connectivity index (χ3n) is 3.49. The van der Waals surface area contributed by atoms with Crippen molar-refractivity contribution in [2.75, 3.05) is 13.7 Å². The highest BCUT2D eigenvalue weighted by atomic mass is 35.5. The van der Waals surface area contributed by atoms with E-state index in [-0.39, 0.29) is 11.3 Å². The number of hydrogen-bond donors (Lipinski definition) is 1. The number of aromatic nitrogens is 1. The van der Waals surface area contributed by atoms with Gasteiger partial charge >= 0.3 is 0 Å². The lowest BCUT2D eigenvalue weighted by Gasteiger charge is -2.04. The molecular weight excluding hydrogens is 348 g/mol. The fourth-order valence-electron chi connectivity index (χ4n) is 2.33. The molecular formula is C17H15ClN2O3S. The van der Waals surface area contributed by atoms with Gasteiger partial charge in [0.05, 0.1) is 22.4 Å². The number of para-hydroxylation sites is 1. The molecule has 0 saturated carbocycles. The van der Waals surface area contributed by atoms with Crippen molar-refractivity contribution in [3.8, 4) is 5.75 Å². The standard InChI is InChI=1S/C17H15ClN2O3S/c1-23-9-8-20-13-4-2-3-5-15(13)24-17(20)19-16(22)12-10-11(18)6-7-14(12)21/h2-7,10,21H,8-9H2,1H3/b19-17-. The normalized spacial score (nSPS) is 12.0.